The second kappa shape index (κ2) is 18.9. The Morgan fingerprint density at radius 1 is 0.750 bits per heavy atom. The minimum absolute atomic E-state index is 0.0816. The molecule has 0 amide bonds. The highest BCUT2D eigenvalue weighted by Crippen LogP contribution is 2.50. The summed E-state index contributed by atoms with van der Waals surface area (Å²) in [4.78, 5) is 25.3. The summed E-state index contributed by atoms with van der Waals surface area (Å²) in [6.07, 6.45) is 1.18. The van der Waals surface area contributed by atoms with E-state index in [-0.39, 0.29) is 28.7 Å². The van der Waals surface area contributed by atoms with Crippen molar-refractivity contribution < 1.29 is 37.0 Å². The third kappa shape index (κ3) is 8.32. The Morgan fingerprint density at radius 2 is 1.31 bits per heavy atom. The quantitative estimate of drug-likeness (QED) is 0.0498. The predicted octanol–water partition coefficient (Wildman–Crippen LogP) is 9.71. The van der Waals surface area contributed by atoms with E-state index in [9.17, 15) is 9.36 Å². The first kappa shape index (κ1) is 45.0. The Hall–Kier alpha value is -5.54. The molecule has 3 aromatic heterocycles. The van der Waals surface area contributed by atoms with Crippen molar-refractivity contribution in [1.29, 1.82) is 0 Å². The third-order valence-electron chi connectivity index (χ3n) is 12.5. The largest absolute Gasteiger partial charge is 0.497 e. The number of nitrogens with one attached hydrogen (secondary N) is 1. The van der Waals surface area contributed by atoms with E-state index in [0.717, 1.165) is 16.7 Å². The summed E-state index contributed by atoms with van der Waals surface area (Å²) in [7, 11) is -2.78. The zero-order valence-corrected chi connectivity index (χ0v) is 39.3. The zero-order valence-electron chi connectivity index (χ0n) is 37.3. The molecule has 1 saturated heterocycles. The van der Waals surface area contributed by atoms with Gasteiger partial charge in [-0.05, 0) is 69.7 Å². The molecule has 64 heavy (non-hydrogen) atoms. The Bertz CT molecular complexity index is 2660. The standard InChI is InChI=1S/C48H56N5O9PSi/c1-31(2)64(32(3)4,33(5)6)62-43-42(61-63(55)60-39-17-13-10-14-18-39)40(59-46(43)53-30-50-41-44(54)51-47-49-27-28-52(47)45(41)53)29-58-48(34-15-11-9-12-16-34,35-19-23-37(56-7)24-20-35)36-21-25-38(57-8)26-22-36/h9-28,30-33,40,42-43,46,63H,29H2,1-8H3,(H,49,51,54)/t40-,42-,43-,46-/m1/s1. The van der Waals surface area contributed by atoms with E-state index in [1.54, 1.807) is 66.2 Å². The molecule has 0 saturated carbocycles. The normalized spacial score (nSPS) is 18.7. The van der Waals surface area contributed by atoms with Crippen molar-refractivity contribution in [2.75, 3.05) is 20.8 Å². The van der Waals surface area contributed by atoms with Gasteiger partial charge >= 0.3 is 8.25 Å². The number of aromatic nitrogens is 5. The number of para-hydroxylation sites is 1. The molecule has 0 radical (unpaired) electrons. The Morgan fingerprint density at radius 3 is 1.88 bits per heavy atom. The number of nitrogens with zero attached hydrogens (tertiary/aromatic N) is 4. The molecule has 0 aliphatic carbocycles. The zero-order chi connectivity index (χ0) is 45.2. The highest BCUT2D eigenvalue weighted by atomic mass is 31.1. The van der Waals surface area contributed by atoms with Crippen LogP contribution in [0.25, 0.3) is 16.9 Å². The summed E-state index contributed by atoms with van der Waals surface area (Å²) in [6.45, 7) is 13.1. The summed E-state index contributed by atoms with van der Waals surface area (Å²) >= 11 is 0. The van der Waals surface area contributed by atoms with Gasteiger partial charge in [0.15, 0.2) is 17.4 Å². The molecule has 1 aliphatic heterocycles. The second-order valence-corrected chi connectivity index (χ2v) is 23.3. The van der Waals surface area contributed by atoms with Gasteiger partial charge in [0.25, 0.3) is 5.56 Å². The highest BCUT2D eigenvalue weighted by Gasteiger charge is 2.56. The summed E-state index contributed by atoms with van der Waals surface area (Å²) in [5.41, 5.74) is 1.95. The number of methoxy groups -OCH3 is 2. The number of hydrogen-bond donors (Lipinski definition) is 1. The minimum atomic E-state index is -3.27. The van der Waals surface area contributed by atoms with Gasteiger partial charge in [-0.25, -0.2) is 14.5 Å². The first-order chi connectivity index (χ1) is 30.9. The van der Waals surface area contributed by atoms with Crippen LogP contribution in [0.3, 0.4) is 0 Å². The van der Waals surface area contributed by atoms with Crippen LogP contribution in [0.2, 0.25) is 16.6 Å². The lowest BCUT2D eigenvalue weighted by molar-refractivity contribution is -0.0920. The van der Waals surface area contributed by atoms with Gasteiger partial charge in [0, 0.05) is 12.4 Å². The number of imidazole rings is 2. The molecule has 0 bridgehead atoms. The molecule has 4 heterocycles. The first-order valence-electron chi connectivity index (χ1n) is 21.6. The Labute approximate surface area is 374 Å². The monoisotopic (exact) mass is 905 g/mol. The van der Waals surface area contributed by atoms with Crippen molar-refractivity contribution in [3.05, 3.63) is 155 Å². The molecule has 336 valence electrons. The maximum Gasteiger partial charge on any atom is 0.368 e. The van der Waals surface area contributed by atoms with E-state index in [1.807, 2.05) is 84.9 Å². The van der Waals surface area contributed by atoms with Crippen molar-refractivity contribution in [2.24, 2.45) is 0 Å². The number of fused-ring (bicyclic) bond motifs is 3. The van der Waals surface area contributed by atoms with E-state index in [0.29, 0.717) is 28.7 Å². The lowest BCUT2D eigenvalue weighted by atomic mass is 9.80. The summed E-state index contributed by atoms with van der Waals surface area (Å²) in [5, 5.41) is 0. The average Bonchev–Trinajstić information content (AvgIpc) is 4.04. The van der Waals surface area contributed by atoms with Crippen LogP contribution in [-0.4, -0.2) is 71.4 Å². The molecule has 16 heteroatoms. The smallest absolute Gasteiger partial charge is 0.368 e. The average molecular weight is 906 g/mol. The van der Waals surface area contributed by atoms with Gasteiger partial charge in [-0.3, -0.25) is 23.3 Å². The van der Waals surface area contributed by atoms with Gasteiger partial charge in [-0.15, -0.1) is 0 Å². The fourth-order valence-corrected chi connectivity index (χ4v) is 16.1. The molecule has 5 atom stereocenters. The highest BCUT2D eigenvalue weighted by molar-refractivity contribution is 7.33. The SMILES string of the molecule is COc1ccc(C(OC[C@H]2O[C@@H](n3cnc4c(=O)[nH]c5nccn5c43)[C@H](O[Si](C(C)C)(C(C)C)C(C)C)[C@@H]2O[PH](=O)Oc2ccccc2)(c2ccccc2)c2ccc(OC)cc2)cc1. The molecular formula is C48H56N5O9PSi. The molecule has 4 aromatic carbocycles. The van der Waals surface area contributed by atoms with Crippen molar-refractivity contribution >= 4 is 33.5 Å². The van der Waals surface area contributed by atoms with E-state index in [2.05, 4.69) is 56.5 Å². The molecule has 1 aliphatic rings. The molecule has 7 aromatic rings. The molecular weight excluding hydrogens is 850 g/mol. The summed E-state index contributed by atoms with van der Waals surface area (Å²) in [6, 6.07) is 34.4. The van der Waals surface area contributed by atoms with Gasteiger partial charge in [-0.2, -0.15) is 0 Å². The van der Waals surface area contributed by atoms with Gasteiger partial charge < -0.3 is 27.9 Å². The predicted molar refractivity (Wildman–Crippen MR) is 248 cm³/mol. The number of H-pyrrole nitrogens is 1. The van der Waals surface area contributed by atoms with Crippen molar-refractivity contribution in [3.8, 4) is 17.2 Å². The van der Waals surface area contributed by atoms with Crippen LogP contribution in [0.15, 0.2) is 133 Å². The molecule has 1 unspecified atom stereocenters. The fourth-order valence-electron chi connectivity index (χ4n) is 9.65. The molecule has 0 spiro atoms. The van der Waals surface area contributed by atoms with Crippen LogP contribution in [-0.2, 0) is 28.6 Å². The third-order valence-corrected chi connectivity index (χ3v) is 19.5. The van der Waals surface area contributed by atoms with Gasteiger partial charge in [0.2, 0.25) is 14.1 Å². The van der Waals surface area contributed by atoms with Crippen molar-refractivity contribution in [2.45, 2.75) is 88.3 Å². The molecule has 1 N–H and O–H groups in total. The van der Waals surface area contributed by atoms with Gasteiger partial charge in [0.1, 0.15) is 41.2 Å². The molecule has 1 fully saturated rings. The molecule has 8 rings (SSSR count). The lowest BCUT2D eigenvalue weighted by Gasteiger charge is -2.45. The lowest BCUT2D eigenvalue weighted by Crippen LogP contribution is -2.53. The van der Waals surface area contributed by atoms with E-state index in [4.69, 9.17) is 32.4 Å². The fraction of sp³-hybridized carbons (Fsp3) is 0.354. The maximum absolute atomic E-state index is 14.3. The van der Waals surface area contributed by atoms with Crippen LogP contribution in [0, 0.1) is 0 Å². The molecule has 14 nitrogen and oxygen atoms in total. The van der Waals surface area contributed by atoms with Crippen molar-refractivity contribution in [3.63, 3.8) is 0 Å². The number of rotatable bonds is 18. The maximum atomic E-state index is 14.3. The van der Waals surface area contributed by atoms with Gasteiger partial charge in [-0.1, -0.05) is 114 Å². The van der Waals surface area contributed by atoms with E-state index >= 15 is 0 Å². The number of ether oxygens (including phenoxy) is 4. The first-order valence-corrected chi connectivity index (χ1v) is 24.9. The van der Waals surface area contributed by atoms with Crippen LogP contribution in [0.1, 0.15) is 64.5 Å². The summed E-state index contributed by atoms with van der Waals surface area (Å²) < 4.78 is 64.0. The van der Waals surface area contributed by atoms with E-state index < -0.39 is 52.3 Å². The van der Waals surface area contributed by atoms with Crippen LogP contribution < -0.4 is 19.6 Å². The van der Waals surface area contributed by atoms with E-state index in [1.165, 1.54) is 0 Å². The van der Waals surface area contributed by atoms with Crippen LogP contribution >= 0.6 is 8.25 Å². The Kier molecular flexibility index (Phi) is 13.3. The minimum Gasteiger partial charge on any atom is -0.497 e. The second-order valence-electron chi connectivity index (χ2n) is 16.9. The summed E-state index contributed by atoms with van der Waals surface area (Å²) in [5.74, 6) is 2.11. The number of hydrogen-bond acceptors (Lipinski definition) is 11. The van der Waals surface area contributed by atoms with Gasteiger partial charge in [0.05, 0.1) is 27.2 Å². The Balaban J connectivity index is 1.31. The topological polar surface area (TPSA) is 150 Å². The van der Waals surface area contributed by atoms with Crippen molar-refractivity contribution in [1.82, 2.24) is 23.9 Å². The number of aromatic amines is 1. The van der Waals surface area contributed by atoms with Crippen LogP contribution in [0.5, 0.6) is 17.2 Å². The van der Waals surface area contributed by atoms with Crippen LogP contribution in [0.4, 0.5) is 0 Å². The number of benzene rings is 4.